The van der Waals surface area contributed by atoms with Crippen molar-refractivity contribution < 1.29 is 0 Å². The van der Waals surface area contributed by atoms with E-state index < -0.39 is 0 Å². The molecule has 0 saturated carbocycles. The molecule has 80 valence electrons. The zero-order valence-corrected chi connectivity index (χ0v) is 9.39. The van der Waals surface area contributed by atoms with Crippen molar-refractivity contribution in [2.75, 3.05) is 6.54 Å². The van der Waals surface area contributed by atoms with Crippen LogP contribution in [-0.4, -0.2) is 6.54 Å². The number of nitrogens with two attached hydrogens (primary N) is 1. The summed E-state index contributed by atoms with van der Waals surface area (Å²) < 4.78 is 0. The molecule has 0 saturated heterocycles. The lowest BCUT2D eigenvalue weighted by atomic mass is 9.95. The van der Waals surface area contributed by atoms with E-state index in [0.717, 1.165) is 13.0 Å². The van der Waals surface area contributed by atoms with Gasteiger partial charge in [0.1, 0.15) is 0 Å². The van der Waals surface area contributed by atoms with Crippen molar-refractivity contribution in [2.45, 2.75) is 51.9 Å². The van der Waals surface area contributed by atoms with E-state index in [-0.39, 0.29) is 0 Å². The second-order valence-electron chi connectivity index (χ2n) is 4.15. The molecule has 2 N–H and O–H groups in total. The molecule has 0 aromatic carbocycles. The molecule has 0 fully saturated rings. The van der Waals surface area contributed by atoms with E-state index >= 15 is 0 Å². The summed E-state index contributed by atoms with van der Waals surface area (Å²) >= 11 is 0. The Morgan fingerprint density at radius 1 is 1.36 bits per heavy atom. The average molecular weight is 193 g/mol. The third kappa shape index (κ3) is 4.10. The molecule has 1 aliphatic rings. The molecule has 1 heteroatoms. The topological polar surface area (TPSA) is 26.0 Å². The van der Waals surface area contributed by atoms with E-state index in [2.05, 4.69) is 19.1 Å². The van der Waals surface area contributed by atoms with Crippen LogP contribution in [0.1, 0.15) is 51.9 Å². The highest BCUT2D eigenvalue weighted by molar-refractivity contribution is 5.29. The number of hydrogen-bond acceptors (Lipinski definition) is 1. The van der Waals surface area contributed by atoms with E-state index in [1.165, 1.54) is 44.1 Å². The van der Waals surface area contributed by atoms with Crippen LogP contribution in [-0.2, 0) is 0 Å². The van der Waals surface area contributed by atoms with E-state index in [1.807, 2.05) is 0 Å². The van der Waals surface area contributed by atoms with Gasteiger partial charge >= 0.3 is 0 Å². The van der Waals surface area contributed by atoms with Crippen LogP contribution in [0.25, 0.3) is 0 Å². The molecule has 0 spiro atoms. The lowest BCUT2D eigenvalue weighted by Crippen LogP contribution is -1.97. The first-order valence-corrected chi connectivity index (χ1v) is 5.91. The van der Waals surface area contributed by atoms with Gasteiger partial charge in [0.2, 0.25) is 0 Å². The minimum Gasteiger partial charge on any atom is -0.330 e. The molecule has 0 aromatic rings. The van der Waals surface area contributed by atoms with Crippen LogP contribution in [0.15, 0.2) is 23.3 Å². The molecule has 1 rings (SSSR count). The Hall–Kier alpha value is -0.560. The summed E-state index contributed by atoms with van der Waals surface area (Å²) in [4.78, 5) is 0. The van der Waals surface area contributed by atoms with Gasteiger partial charge in [-0.05, 0) is 51.1 Å². The summed E-state index contributed by atoms with van der Waals surface area (Å²) in [5, 5.41) is 0. The summed E-state index contributed by atoms with van der Waals surface area (Å²) in [6.45, 7) is 2.99. The van der Waals surface area contributed by atoms with E-state index in [0.29, 0.717) is 0 Å². The van der Waals surface area contributed by atoms with Crippen LogP contribution >= 0.6 is 0 Å². The fourth-order valence-electron chi connectivity index (χ4n) is 1.98. The SMILES string of the molecule is CC(=C\CCN)/C1=C/CCCCCC1. The quantitative estimate of drug-likeness (QED) is 0.728. The van der Waals surface area contributed by atoms with Crippen LogP contribution in [0, 0.1) is 0 Å². The van der Waals surface area contributed by atoms with Crippen molar-refractivity contribution in [3.8, 4) is 0 Å². The lowest BCUT2D eigenvalue weighted by molar-refractivity contribution is 0.627. The van der Waals surface area contributed by atoms with Gasteiger partial charge in [0.05, 0.1) is 0 Å². The standard InChI is InChI=1S/C13H23N/c1-12(8-7-11-14)13-9-5-3-2-4-6-10-13/h8-9H,2-7,10-11,14H2,1H3/b12-8+,13-9+. The third-order valence-corrected chi connectivity index (χ3v) is 2.91. The van der Waals surface area contributed by atoms with Gasteiger partial charge in [-0.2, -0.15) is 0 Å². The Morgan fingerprint density at radius 2 is 2.14 bits per heavy atom. The van der Waals surface area contributed by atoms with Crippen molar-refractivity contribution in [1.82, 2.24) is 0 Å². The Kier molecular flexibility index (Phi) is 5.62. The maximum atomic E-state index is 5.50. The highest BCUT2D eigenvalue weighted by Gasteiger charge is 2.03. The van der Waals surface area contributed by atoms with Crippen molar-refractivity contribution >= 4 is 0 Å². The number of rotatable bonds is 3. The minimum atomic E-state index is 0.768. The fraction of sp³-hybridized carbons (Fsp3) is 0.692. The molecular weight excluding hydrogens is 170 g/mol. The van der Waals surface area contributed by atoms with Crippen LogP contribution in [0.2, 0.25) is 0 Å². The molecule has 0 bridgehead atoms. The number of hydrogen-bond donors (Lipinski definition) is 1. The molecule has 1 nitrogen and oxygen atoms in total. The maximum Gasteiger partial charge on any atom is -0.00424 e. The summed E-state index contributed by atoms with van der Waals surface area (Å²) in [7, 11) is 0. The predicted octanol–water partition coefficient (Wildman–Crippen LogP) is 3.56. The van der Waals surface area contributed by atoms with Crippen LogP contribution in [0.4, 0.5) is 0 Å². The first kappa shape index (κ1) is 11.5. The van der Waals surface area contributed by atoms with Gasteiger partial charge in [-0.15, -0.1) is 0 Å². The molecule has 1 aliphatic carbocycles. The lowest BCUT2D eigenvalue weighted by Gasteiger charge is -2.11. The van der Waals surface area contributed by atoms with Crippen molar-refractivity contribution in [1.29, 1.82) is 0 Å². The van der Waals surface area contributed by atoms with Gasteiger partial charge in [-0.3, -0.25) is 0 Å². The summed E-state index contributed by atoms with van der Waals surface area (Å²) in [6.07, 6.45) is 13.8. The molecule has 0 atom stereocenters. The summed E-state index contributed by atoms with van der Waals surface area (Å²) in [5.41, 5.74) is 8.52. The van der Waals surface area contributed by atoms with Crippen LogP contribution in [0.3, 0.4) is 0 Å². The largest absolute Gasteiger partial charge is 0.330 e. The van der Waals surface area contributed by atoms with E-state index in [9.17, 15) is 0 Å². The Bertz CT molecular complexity index is 213. The Balaban J connectivity index is 2.53. The fourth-order valence-corrected chi connectivity index (χ4v) is 1.98. The Labute approximate surface area is 88.1 Å². The van der Waals surface area contributed by atoms with E-state index in [4.69, 9.17) is 5.73 Å². The molecular formula is C13H23N. The molecule has 0 aromatic heterocycles. The van der Waals surface area contributed by atoms with Crippen LogP contribution in [0.5, 0.6) is 0 Å². The summed E-state index contributed by atoms with van der Waals surface area (Å²) in [5.74, 6) is 0. The van der Waals surface area contributed by atoms with Gasteiger partial charge in [0, 0.05) is 0 Å². The van der Waals surface area contributed by atoms with Crippen LogP contribution < -0.4 is 5.73 Å². The predicted molar refractivity (Wildman–Crippen MR) is 63.2 cm³/mol. The molecule has 0 aliphatic heterocycles. The Morgan fingerprint density at radius 3 is 2.93 bits per heavy atom. The van der Waals surface area contributed by atoms with Gasteiger partial charge < -0.3 is 5.73 Å². The van der Waals surface area contributed by atoms with E-state index in [1.54, 1.807) is 5.57 Å². The van der Waals surface area contributed by atoms with Gasteiger partial charge in [0.25, 0.3) is 0 Å². The minimum absolute atomic E-state index is 0.768. The zero-order chi connectivity index (χ0) is 10.2. The normalized spacial score (nSPS) is 23.6. The van der Waals surface area contributed by atoms with Crippen molar-refractivity contribution in [2.24, 2.45) is 5.73 Å². The number of allylic oxidation sites excluding steroid dienone is 3. The van der Waals surface area contributed by atoms with Gasteiger partial charge in [-0.25, -0.2) is 0 Å². The monoisotopic (exact) mass is 193 g/mol. The van der Waals surface area contributed by atoms with Gasteiger partial charge in [0.15, 0.2) is 0 Å². The molecule has 0 heterocycles. The molecule has 0 radical (unpaired) electrons. The second kappa shape index (κ2) is 6.83. The third-order valence-electron chi connectivity index (χ3n) is 2.91. The first-order valence-electron chi connectivity index (χ1n) is 5.91. The molecule has 0 unspecified atom stereocenters. The average Bonchev–Trinajstić information content (AvgIpc) is 2.13. The second-order valence-corrected chi connectivity index (χ2v) is 4.15. The molecule has 0 amide bonds. The van der Waals surface area contributed by atoms with Crippen molar-refractivity contribution in [3.63, 3.8) is 0 Å². The van der Waals surface area contributed by atoms with Gasteiger partial charge in [-0.1, -0.05) is 30.6 Å². The highest BCUT2D eigenvalue weighted by atomic mass is 14.5. The highest BCUT2D eigenvalue weighted by Crippen LogP contribution is 2.22. The first-order chi connectivity index (χ1) is 6.84. The summed E-state index contributed by atoms with van der Waals surface area (Å²) in [6, 6.07) is 0. The maximum absolute atomic E-state index is 5.50. The van der Waals surface area contributed by atoms with Crippen molar-refractivity contribution in [3.05, 3.63) is 23.3 Å². The zero-order valence-electron chi connectivity index (χ0n) is 9.39. The smallest absolute Gasteiger partial charge is 0.00424 e. The molecule has 14 heavy (non-hydrogen) atoms.